The molecule has 5 nitrogen and oxygen atoms in total. The van der Waals surface area contributed by atoms with Crippen molar-refractivity contribution in [1.29, 1.82) is 0 Å². The highest BCUT2D eigenvalue weighted by molar-refractivity contribution is 5.84. The van der Waals surface area contributed by atoms with E-state index >= 15 is 0 Å². The molecule has 1 N–H and O–H groups in total. The molecule has 2 atom stereocenters. The van der Waals surface area contributed by atoms with Crippen LogP contribution in [0.25, 0.3) is 0 Å². The van der Waals surface area contributed by atoms with Crippen LogP contribution in [-0.2, 0) is 14.3 Å². The van der Waals surface area contributed by atoms with Crippen LogP contribution < -0.4 is 4.74 Å². The van der Waals surface area contributed by atoms with Crippen LogP contribution >= 0.6 is 0 Å². The first kappa shape index (κ1) is 14.2. The highest BCUT2D eigenvalue weighted by atomic mass is 16.6. The summed E-state index contributed by atoms with van der Waals surface area (Å²) in [7, 11) is 0. The summed E-state index contributed by atoms with van der Waals surface area (Å²) in [4.78, 5) is 22.9. The third-order valence-corrected chi connectivity index (χ3v) is 2.34. The molecule has 18 heavy (non-hydrogen) atoms. The van der Waals surface area contributed by atoms with Gasteiger partial charge in [-0.15, -0.1) is 0 Å². The van der Waals surface area contributed by atoms with E-state index in [1.165, 1.54) is 6.92 Å². The summed E-state index contributed by atoms with van der Waals surface area (Å²) in [6, 6.07) is 8.45. The lowest BCUT2D eigenvalue weighted by Gasteiger charge is -2.16. The van der Waals surface area contributed by atoms with Crippen molar-refractivity contribution >= 4 is 11.9 Å². The zero-order valence-corrected chi connectivity index (χ0v) is 10.3. The second-order valence-corrected chi connectivity index (χ2v) is 3.72. The molecule has 0 fully saturated rings. The van der Waals surface area contributed by atoms with Crippen LogP contribution in [0.3, 0.4) is 0 Å². The van der Waals surface area contributed by atoms with Gasteiger partial charge in [0.25, 0.3) is 0 Å². The fraction of sp³-hybridized carbons (Fsp3) is 0.385. The molecule has 5 heteroatoms. The maximum Gasteiger partial charge on any atom is 0.335 e. The molecule has 0 aromatic heterocycles. The summed E-state index contributed by atoms with van der Waals surface area (Å²) >= 11 is 0. The second-order valence-electron chi connectivity index (χ2n) is 3.72. The number of hydrogen-bond acceptors (Lipinski definition) is 5. The van der Waals surface area contributed by atoms with Gasteiger partial charge >= 0.3 is 11.9 Å². The van der Waals surface area contributed by atoms with Crippen molar-refractivity contribution in [2.75, 3.05) is 6.61 Å². The summed E-state index contributed by atoms with van der Waals surface area (Å²) in [6.07, 6.45) is -1.51. The molecule has 0 spiro atoms. The Labute approximate surface area is 105 Å². The number of benzene rings is 1. The zero-order valence-electron chi connectivity index (χ0n) is 10.3. The Bertz CT molecular complexity index is 401. The van der Waals surface area contributed by atoms with Crippen LogP contribution in [0.4, 0.5) is 0 Å². The molecule has 0 unspecified atom stereocenters. The number of ether oxygens (including phenoxy) is 2. The summed E-state index contributed by atoms with van der Waals surface area (Å²) in [5, 5.41) is 9.59. The normalized spacial score (nSPS) is 13.5. The van der Waals surface area contributed by atoms with Crippen molar-refractivity contribution < 1.29 is 24.2 Å². The first-order valence-electron chi connectivity index (χ1n) is 5.67. The zero-order chi connectivity index (χ0) is 13.5. The van der Waals surface area contributed by atoms with E-state index in [0.717, 1.165) is 0 Å². The predicted octanol–water partition coefficient (Wildman–Crippen LogP) is 1.15. The quantitative estimate of drug-likeness (QED) is 0.628. The first-order chi connectivity index (χ1) is 8.56. The number of carbonyl (C=O) groups is 2. The molecule has 0 saturated heterocycles. The number of rotatable bonds is 5. The number of aliphatic hydroxyl groups excluding tert-OH is 1. The molecule has 98 valence electrons. The Kier molecular flexibility index (Phi) is 5.32. The minimum Gasteiger partial charge on any atom is -0.464 e. The highest BCUT2D eigenvalue weighted by Crippen LogP contribution is 2.13. The minimum atomic E-state index is -1.51. The molecule has 1 aromatic carbocycles. The van der Waals surface area contributed by atoms with Crippen LogP contribution in [0.1, 0.15) is 13.8 Å². The van der Waals surface area contributed by atoms with Crippen LogP contribution in [0, 0.1) is 5.92 Å². The Morgan fingerprint density at radius 3 is 2.39 bits per heavy atom. The van der Waals surface area contributed by atoms with Gasteiger partial charge in [0.05, 0.1) is 12.5 Å². The van der Waals surface area contributed by atoms with Crippen molar-refractivity contribution in [3.05, 3.63) is 30.3 Å². The van der Waals surface area contributed by atoms with Gasteiger partial charge in [-0.3, -0.25) is 4.79 Å². The van der Waals surface area contributed by atoms with Crippen LogP contribution in [0.2, 0.25) is 0 Å². The van der Waals surface area contributed by atoms with E-state index in [0.29, 0.717) is 5.75 Å². The van der Waals surface area contributed by atoms with E-state index in [1.54, 1.807) is 37.3 Å². The second kappa shape index (κ2) is 6.76. The average molecular weight is 252 g/mol. The van der Waals surface area contributed by atoms with Crippen molar-refractivity contribution in [2.24, 2.45) is 5.92 Å². The predicted molar refractivity (Wildman–Crippen MR) is 63.9 cm³/mol. The van der Waals surface area contributed by atoms with Crippen molar-refractivity contribution in [3.8, 4) is 5.75 Å². The van der Waals surface area contributed by atoms with Gasteiger partial charge in [0, 0.05) is 0 Å². The minimum absolute atomic E-state index is 0.149. The van der Waals surface area contributed by atoms with Gasteiger partial charge in [-0.1, -0.05) is 18.2 Å². The maximum absolute atomic E-state index is 11.7. The molecular weight excluding hydrogens is 236 g/mol. The van der Waals surface area contributed by atoms with E-state index in [9.17, 15) is 14.7 Å². The molecule has 0 radical (unpaired) electrons. The number of esters is 2. The standard InChI is InChI=1S/C13H16O5/c1-3-17-13(16)11(14)9(2)12(15)18-10-7-5-4-6-8-10/h4-9,11,14H,3H2,1-2H3/t9-,11+/m0/s1. The van der Waals surface area contributed by atoms with Gasteiger partial charge in [0.15, 0.2) is 6.10 Å². The Morgan fingerprint density at radius 2 is 1.83 bits per heavy atom. The summed E-state index contributed by atoms with van der Waals surface area (Å²) in [5.41, 5.74) is 0. The lowest BCUT2D eigenvalue weighted by atomic mass is 10.1. The van der Waals surface area contributed by atoms with Crippen LogP contribution in [0.15, 0.2) is 30.3 Å². The molecule has 0 amide bonds. The molecular formula is C13H16O5. The van der Waals surface area contributed by atoms with E-state index in [1.807, 2.05) is 0 Å². The summed E-state index contributed by atoms with van der Waals surface area (Å²) < 4.78 is 9.65. The largest absolute Gasteiger partial charge is 0.464 e. The van der Waals surface area contributed by atoms with Crippen molar-refractivity contribution in [2.45, 2.75) is 20.0 Å². The third-order valence-electron chi connectivity index (χ3n) is 2.34. The SMILES string of the molecule is CCOC(=O)[C@H](O)[C@H](C)C(=O)Oc1ccccc1. The molecule has 0 aliphatic rings. The fourth-order valence-corrected chi connectivity index (χ4v) is 1.26. The third kappa shape index (κ3) is 3.85. The maximum atomic E-state index is 11.7. The van der Waals surface area contributed by atoms with Gasteiger partial charge in [-0.25, -0.2) is 4.79 Å². The number of aliphatic hydroxyl groups is 1. The molecule has 1 aromatic rings. The van der Waals surface area contributed by atoms with Gasteiger partial charge < -0.3 is 14.6 Å². The monoisotopic (exact) mass is 252 g/mol. The topological polar surface area (TPSA) is 72.8 Å². The molecule has 0 bridgehead atoms. The van der Waals surface area contributed by atoms with Crippen LogP contribution in [-0.4, -0.2) is 29.8 Å². The number of hydrogen-bond donors (Lipinski definition) is 1. The smallest absolute Gasteiger partial charge is 0.335 e. The van der Waals surface area contributed by atoms with Crippen molar-refractivity contribution in [1.82, 2.24) is 0 Å². The van der Waals surface area contributed by atoms with Crippen molar-refractivity contribution in [3.63, 3.8) is 0 Å². The summed E-state index contributed by atoms with van der Waals surface area (Å²) in [6.45, 7) is 3.18. The fourth-order valence-electron chi connectivity index (χ4n) is 1.26. The molecule has 0 aliphatic carbocycles. The Morgan fingerprint density at radius 1 is 1.22 bits per heavy atom. The van der Waals surface area contributed by atoms with Gasteiger partial charge in [-0.05, 0) is 26.0 Å². The molecule has 0 aliphatic heterocycles. The highest BCUT2D eigenvalue weighted by Gasteiger charge is 2.30. The molecule has 0 saturated carbocycles. The van der Waals surface area contributed by atoms with E-state index in [-0.39, 0.29) is 6.61 Å². The van der Waals surface area contributed by atoms with E-state index < -0.39 is 24.0 Å². The van der Waals surface area contributed by atoms with Gasteiger partial charge in [-0.2, -0.15) is 0 Å². The average Bonchev–Trinajstić information content (AvgIpc) is 2.38. The lowest BCUT2D eigenvalue weighted by Crippen LogP contribution is -2.36. The Balaban J connectivity index is 2.58. The van der Waals surface area contributed by atoms with Crippen LogP contribution in [0.5, 0.6) is 5.75 Å². The molecule has 0 heterocycles. The number of para-hydroxylation sites is 1. The lowest BCUT2D eigenvalue weighted by molar-refractivity contribution is -0.161. The first-order valence-corrected chi connectivity index (χ1v) is 5.67. The van der Waals surface area contributed by atoms with Gasteiger partial charge in [0.1, 0.15) is 5.75 Å². The Hall–Kier alpha value is -1.88. The van der Waals surface area contributed by atoms with E-state index in [4.69, 9.17) is 4.74 Å². The summed E-state index contributed by atoms with van der Waals surface area (Å²) in [5.74, 6) is -2.12. The van der Waals surface area contributed by atoms with Gasteiger partial charge in [0.2, 0.25) is 0 Å². The number of carbonyl (C=O) groups excluding carboxylic acids is 2. The van der Waals surface area contributed by atoms with E-state index in [2.05, 4.69) is 4.74 Å². The molecule has 1 rings (SSSR count).